The van der Waals surface area contributed by atoms with Crippen LogP contribution in [-0.2, 0) is 29.5 Å². The van der Waals surface area contributed by atoms with Crippen molar-refractivity contribution in [3.8, 4) is 0 Å². The van der Waals surface area contributed by atoms with Crippen LogP contribution in [0.5, 0.6) is 0 Å². The first kappa shape index (κ1) is 20.6. The third-order valence-electron chi connectivity index (χ3n) is 3.41. The molecule has 0 radical (unpaired) electrons. The number of nitrogens with zero attached hydrogens (tertiary/aromatic N) is 1. The highest BCUT2D eigenvalue weighted by atomic mass is 32.2. The van der Waals surface area contributed by atoms with Gasteiger partial charge in [0.15, 0.2) is 9.84 Å². The zero-order valence-electron chi connectivity index (χ0n) is 14.0. The minimum atomic E-state index is -3.78. The van der Waals surface area contributed by atoms with E-state index >= 15 is 0 Å². The van der Waals surface area contributed by atoms with Crippen molar-refractivity contribution in [3.05, 3.63) is 24.3 Å². The maximum absolute atomic E-state index is 12.0. The number of carbonyl (C=O) groups excluding carboxylic acids is 1. The van der Waals surface area contributed by atoms with Crippen LogP contribution in [0.15, 0.2) is 29.2 Å². The fourth-order valence-electron chi connectivity index (χ4n) is 1.83. The standard InChI is InChI=1S/C14H22N2O6S2/c1-5-10-23(18,19)11(2)14(17)15-12-6-8-13(9-7-12)24(20,21)16(3)22-4/h6-9,11H,5,10H2,1-4H3,(H,15,17). The number of carbonyl (C=O) groups is 1. The lowest BCUT2D eigenvalue weighted by molar-refractivity contribution is -0.115. The van der Waals surface area contributed by atoms with E-state index in [0.717, 1.165) is 0 Å². The van der Waals surface area contributed by atoms with Crippen LogP contribution in [0, 0.1) is 0 Å². The molecule has 1 N–H and O–H groups in total. The van der Waals surface area contributed by atoms with Crippen LogP contribution in [0.4, 0.5) is 5.69 Å². The predicted molar refractivity (Wildman–Crippen MR) is 90.6 cm³/mol. The number of benzene rings is 1. The second kappa shape index (κ2) is 8.06. The second-order valence-electron chi connectivity index (χ2n) is 5.12. The Morgan fingerprint density at radius 1 is 1.21 bits per heavy atom. The highest BCUT2D eigenvalue weighted by Crippen LogP contribution is 2.18. The fourth-order valence-corrected chi connectivity index (χ4v) is 4.11. The first-order valence-electron chi connectivity index (χ1n) is 7.21. The van der Waals surface area contributed by atoms with Gasteiger partial charge in [-0.05, 0) is 37.6 Å². The van der Waals surface area contributed by atoms with Gasteiger partial charge >= 0.3 is 0 Å². The van der Waals surface area contributed by atoms with Crippen molar-refractivity contribution in [1.29, 1.82) is 0 Å². The number of hydrogen-bond acceptors (Lipinski definition) is 6. The number of nitrogens with one attached hydrogen (secondary N) is 1. The molecule has 1 aromatic rings. The molecule has 0 aliphatic heterocycles. The predicted octanol–water partition coefficient (Wildman–Crippen LogP) is 1.02. The van der Waals surface area contributed by atoms with Crippen molar-refractivity contribution in [2.75, 3.05) is 25.2 Å². The Kier molecular flexibility index (Phi) is 6.90. The van der Waals surface area contributed by atoms with Gasteiger partial charge in [-0.2, -0.15) is 0 Å². The Morgan fingerprint density at radius 2 is 1.75 bits per heavy atom. The average molecular weight is 378 g/mol. The summed E-state index contributed by atoms with van der Waals surface area (Å²) in [5, 5.41) is 1.29. The molecular weight excluding hydrogens is 356 g/mol. The second-order valence-corrected chi connectivity index (χ2v) is 9.50. The lowest BCUT2D eigenvalue weighted by Gasteiger charge is -2.15. The van der Waals surface area contributed by atoms with Gasteiger partial charge in [0.25, 0.3) is 10.0 Å². The van der Waals surface area contributed by atoms with E-state index in [2.05, 4.69) is 10.2 Å². The summed E-state index contributed by atoms with van der Waals surface area (Å²) in [6.07, 6.45) is 0.430. The van der Waals surface area contributed by atoms with E-state index in [1.54, 1.807) is 6.92 Å². The van der Waals surface area contributed by atoms with Gasteiger partial charge in [0, 0.05) is 12.7 Å². The van der Waals surface area contributed by atoms with Gasteiger partial charge in [-0.25, -0.2) is 16.8 Å². The van der Waals surface area contributed by atoms with Gasteiger partial charge < -0.3 is 5.32 Å². The molecule has 0 saturated heterocycles. The van der Waals surface area contributed by atoms with Crippen molar-refractivity contribution < 1.29 is 26.5 Å². The first-order valence-corrected chi connectivity index (χ1v) is 10.4. The molecule has 0 saturated carbocycles. The number of hydrogen-bond donors (Lipinski definition) is 1. The molecule has 1 atom stereocenters. The molecule has 0 spiro atoms. The van der Waals surface area contributed by atoms with E-state index in [9.17, 15) is 21.6 Å². The number of amides is 1. The highest BCUT2D eigenvalue weighted by Gasteiger charge is 2.27. The number of anilines is 1. The molecule has 0 aliphatic carbocycles. The molecule has 8 nitrogen and oxygen atoms in total. The summed E-state index contributed by atoms with van der Waals surface area (Å²) in [6.45, 7) is 3.05. The summed E-state index contributed by atoms with van der Waals surface area (Å²) in [4.78, 5) is 16.7. The molecule has 0 aromatic heterocycles. The van der Waals surface area contributed by atoms with Crippen molar-refractivity contribution in [3.63, 3.8) is 0 Å². The van der Waals surface area contributed by atoms with Gasteiger partial charge in [-0.15, -0.1) is 0 Å². The molecule has 1 rings (SSSR count). The first-order chi connectivity index (χ1) is 11.1. The van der Waals surface area contributed by atoms with E-state index in [4.69, 9.17) is 0 Å². The van der Waals surface area contributed by atoms with Crippen LogP contribution < -0.4 is 5.32 Å². The van der Waals surface area contributed by atoms with Crippen LogP contribution >= 0.6 is 0 Å². The molecule has 0 heterocycles. The summed E-state index contributed by atoms with van der Waals surface area (Å²) in [6, 6.07) is 5.36. The maximum Gasteiger partial charge on any atom is 0.264 e. The zero-order chi connectivity index (χ0) is 18.5. The monoisotopic (exact) mass is 378 g/mol. The summed E-state index contributed by atoms with van der Waals surface area (Å²) in [5.74, 6) is -0.727. The summed E-state index contributed by atoms with van der Waals surface area (Å²) in [5.41, 5.74) is 0.303. The molecule has 0 fully saturated rings. The van der Waals surface area contributed by atoms with Gasteiger partial charge in [-0.1, -0.05) is 11.4 Å². The molecule has 10 heteroatoms. The minimum absolute atomic E-state index is 0.0171. The number of sulfone groups is 1. The summed E-state index contributed by atoms with van der Waals surface area (Å²) in [7, 11) is -4.80. The SMILES string of the molecule is CCCS(=O)(=O)C(C)C(=O)Nc1ccc(S(=O)(=O)N(C)OC)cc1. The molecular formula is C14H22N2O6S2. The smallest absolute Gasteiger partial charge is 0.264 e. The third-order valence-corrected chi connectivity index (χ3v) is 7.37. The Hall–Kier alpha value is -1.49. The summed E-state index contributed by atoms with van der Waals surface area (Å²) >= 11 is 0. The van der Waals surface area contributed by atoms with Gasteiger partial charge in [-0.3, -0.25) is 9.63 Å². The van der Waals surface area contributed by atoms with Crippen LogP contribution in [0.3, 0.4) is 0 Å². The molecule has 136 valence electrons. The van der Waals surface area contributed by atoms with E-state index in [1.807, 2.05) is 0 Å². The number of sulfonamides is 1. The average Bonchev–Trinajstić information content (AvgIpc) is 2.53. The molecule has 1 amide bonds. The van der Waals surface area contributed by atoms with E-state index in [-0.39, 0.29) is 10.6 Å². The Labute approximate surface area is 142 Å². The van der Waals surface area contributed by atoms with Crippen LogP contribution in [0.1, 0.15) is 20.3 Å². The van der Waals surface area contributed by atoms with Crippen LogP contribution in [-0.4, -0.2) is 52.4 Å². The largest absolute Gasteiger partial charge is 0.325 e. The third kappa shape index (κ3) is 4.76. The highest BCUT2D eigenvalue weighted by molar-refractivity contribution is 7.92. The molecule has 1 aromatic carbocycles. The van der Waals surface area contributed by atoms with Gasteiger partial charge in [0.2, 0.25) is 5.91 Å². The Morgan fingerprint density at radius 3 is 2.21 bits per heavy atom. The maximum atomic E-state index is 12.0. The van der Waals surface area contributed by atoms with Crippen molar-refractivity contribution in [1.82, 2.24) is 4.47 Å². The summed E-state index contributed by atoms with van der Waals surface area (Å²) < 4.78 is 48.6. The van der Waals surface area contributed by atoms with E-state index < -0.39 is 31.0 Å². The molecule has 1 unspecified atom stereocenters. The molecule has 0 aliphatic rings. The molecule has 24 heavy (non-hydrogen) atoms. The van der Waals surface area contributed by atoms with E-state index in [1.165, 1.54) is 45.3 Å². The van der Waals surface area contributed by atoms with Gasteiger partial charge in [0.1, 0.15) is 5.25 Å². The Bertz CT molecular complexity index is 772. The molecule has 0 bridgehead atoms. The van der Waals surface area contributed by atoms with Crippen molar-refractivity contribution in [2.24, 2.45) is 0 Å². The quantitative estimate of drug-likeness (QED) is 0.676. The zero-order valence-corrected chi connectivity index (χ0v) is 15.6. The number of rotatable bonds is 8. The van der Waals surface area contributed by atoms with Crippen molar-refractivity contribution >= 4 is 31.5 Å². The van der Waals surface area contributed by atoms with E-state index in [0.29, 0.717) is 16.6 Å². The minimum Gasteiger partial charge on any atom is -0.325 e. The Balaban J connectivity index is 2.90. The van der Waals surface area contributed by atoms with Crippen molar-refractivity contribution in [2.45, 2.75) is 30.4 Å². The fraction of sp³-hybridized carbons (Fsp3) is 0.500. The number of hydroxylamine groups is 1. The normalized spacial score (nSPS) is 13.7. The van der Waals surface area contributed by atoms with Crippen LogP contribution in [0.25, 0.3) is 0 Å². The van der Waals surface area contributed by atoms with Gasteiger partial charge in [0.05, 0.1) is 17.8 Å². The lowest BCUT2D eigenvalue weighted by Crippen LogP contribution is -2.34. The van der Waals surface area contributed by atoms with Crippen LogP contribution in [0.2, 0.25) is 0 Å². The topological polar surface area (TPSA) is 110 Å². The lowest BCUT2D eigenvalue weighted by atomic mass is 10.3.